The summed E-state index contributed by atoms with van der Waals surface area (Å²) in [4.78, 5) is 31.1. The lowest BCUT2D eigenvalue weighted by molar-refractivity contribution is -0.393. The Morgan fingerprint density at radius 2 is 1.81 bits per heavy atom. The third-order valence-electron chi connectivity index (χ3n) is 3.74. The van der Waals surface area contributed by atoms with E-state index in [2.05, 4.69) is 15.7 Å². The molecule has 2 rings (SSSR count). The third kappa shape index (κ3) is 4.26. The van der Waals surface area contributed by atoms with E-state index in [9.17, 15) is 30.3 Å². The Kier molecular flexibility index (Phi) is 5.53. The van der Waals surface area contributed by atoms with Crippen LogP contribution < -0.4 is 10.6 Å². The van der Waals surface area contributed by atoms with E-state index in [1.807, 2.05) is 0 Å². The molecule has 2 N–H and O–H groups in total. The number of nitrogens with one attached hydrogen (secondary N) is 2. The van der Waals surface area contributed by atoms with E-state index in [1.165, 1.54) is 17.7 Å². The number of nitro groups is 3. The summed E-state index contributed by atoms with van der Waals surface area (Å²) in [6, 6.07) is 2.91. The van der Waals surface area contributed by atoms with Crippen LogP contribution in [0.5, 0.6) is 0 Å². The second kappa shape index (κ2) is 7.63. The van der Waals surface area contributed by atoms with Gasteiger partial charge in [0.1, 0.15) is 11.4 Å². The van der Waals surface area contributed by atoms with Gasteiger partial charge in [-0.1, -0.05) is 0 Å². The molecule has 0 radical (unpaired) electrons. The van der Waals surface area contributed by atoms with Crippen LogP contribution in [0.2, 0.25) is 0 Å². The van der Waals surface area contributed by atoms with Crippen molar-refractivity contribution < 1.29 is 14.8 Å². The summed E-state index contributed by atoms with van der Waals surface area (Å²) in [5, 5.41) is 42.9. The number of aromatic nitrogens is 2. The smallest absolute Gasteiger partial charge is 0.333 e. The van der Waals surface area contributed by atoms with Crippen LogP contribution >= 0.6 is 0 Å². The molecule has 0 bridgehead atoms. The lowest BCUT2D eigenvalue weighted by Crippen LogP contribution is -2.26. The Morgan fingerprint density at radius 1 is 1.15 bits per heavy atom. The van der Waals surface area contributed by atoms with Gasteiger partial charge in [-0.05, 0) is 19.9 Å². The molecule has 0 fully saturated rings. The second-order valence-corrected chi connectivity index (χ2v) is 5.81. The fraction of sp³-hybridized carbons (Fsp3) is 0.357. The standard InChI is InChI=1S/C14H17N7O6/c1-8(16-14-13(21(26)27)9(2)17-18(14)3)7-15-11-5-4-10(19(22)23)6-12(11)20(24)25/h4-6,8,15-16H,7H2,1-3H3. The highest BCUT2D eigenvalue weighted by Gasteiger charge is 2.25. The summed E-state index contributed by atoms with van der Waals surface area (Å²) in [7, 11) is 1.56. The van der Waals surface area contributed by atoms with Gasteiger partial charge >= 0.3 is 5.69 Å². The first kappa shape index (κ1) is 19.6. The number of hydrogen-bond donors (Lipinski definition) is 2. The quantitative estimate of drug-likeness (QED) is 0.515. The Bertz CT molecular complexity index is 910. The molecule has 1 aromatic heterocycles. The highest BCUT2D eigenvalue weighted by molar-refractivity contribution is 5.65. The van der Waals surface area contributed by atoms with Crippen LogP contribution in [0.3, 0.4) is 0 Å². The van der Waals surface area contributed by atoms with Crippen LogP contribution in [0.4, 0.5) is 28.6 Å². The van der Waals surface area contributed by atoms with Crippen molar-refractivity contribution in [3.05, 3.63) is 54.2 Å². The van der Waals surface area contributed by atoms with Crippen LogP contribution in [0.1, 0.15) is 12.6 Å². The van der Waals surface area contributed by atoms with Gasteiger partial charge in [0.2, 0.25) is 5.82 Å². The number of anilines is 2. The Hall–Kier alpha value is -3.77. The van der Waals surface area contributed by atoms with E-state index in [0.717, 1.165) is 12.1 Å². The van der Waals surface area contributed by atoms with E-state index in [-0.39, 0.29) is 41.2 Å². The molecule has 1 aromatic carbocycles. The highest BCUT2D eigenvalue weighted by atomic mass is 16.6. The number of nitrogens with zero attached hydrogens (tertiary/aromatic N) is 5. The molecule has 27 heavy (non-hydrogen) atoms. The minimum atomic E-state index is -0.719. The van der Waals surface area contributed by atoms with Crippen molar-refractivity contribution in [2.75, 3.05) is 17.2 Å². The van der Waals surface area contributed by atoms with Crippen LogP contribution in [0.15, 0.2) is 18.2 Å². The molecule has 2 aromatic rings. The van der Waals surface area contributed by atoms with Crippen molar-refractivity contribution >= 4 is 28.6 Å². The largest absolute Gasteiger partial charge is 0.377 e. The first-order valence-electron chi connectivity index (χ1n) is 7.73. The monoisotopic (exact) mass is 379 g/mol. The maximum Gasteiger partial charge on any atom is 0.333 e. The predicted molar refractivity (Wildman–Crippen MR) is 95.9 cm³/mol. The van der Waals surface area contributed by atoms with Crippen molar-refractivity contribution in [2.24, 2.45) is 7.05 Å². The van der Waals surface area contributed by atoms with Crippen molar-refractivity contribution in [1.82, 2.24) is 9.78 Å². The molecule has 13 heteroatoms. The molecular formula is C14H17N7O6. The van der Waals surface area contributed by atoms with Gasteiger partial charge in [-0.15, -0.1) is 0 Å². The first-order chi connectivity index (χ1) is 12.6. The van der Waals surface area contributed by atoms with Crippen molar-refractivity contribution in [3.63, 3.8) is 0 Å². The van der Waals surface area contributed by atoms with Crippen molar-refractivity contribution in [2.45, 2.75) is 19.9 Å². The Morgan fingerprint density at radius 3 is 2.37 bits per heavy atom. The molecule has 0 saturated carbocycles. The molecule has 0 amide bonds. The summed E-state index contributed by atoms with van der Waals surface area (Å²) in [6.45, 7) is 3.41. The summed E-state index contributed by atoms with van der Waals surface area (Å²) >= 11 is 0. The van der Waals surface area contributed by atoms with Gasteiger partial charge in [-0.2, -0.15) is 5.10 Å². The van der Waals surface area contributed by atoms with Crippen LogP contribution in [0, 0.1) is 37.3 Å². The molecule has 1 unspecified atom stereocenters. The average molecular weight is 379 g/mol. The number of nitro benzene ring substituents is 2. The number of non-ortho nitro benzene ring substituents is 1. The topological polar surface area (TPSA) is 171 Å². The van der Waals surface area contributed by atoms with E-state index >= 15 is 0 Å². The minimum absolute atomic E-state index is 0.106. The summed E-state index contributed by atoms with van der Waals surface area (Å²) in [5.74, 6) is 0.213. The van der Waals surface area contributed by atoms with Crippen molar-refractivity contribution in [1.29, 1.82) is 0 Å². The lowest BCUT2D eigenvalue weighted by atomic mass is 10.2. The second-order valence-electron chi connectivity index (χ2n) is 5.81. The molecule has 1 atom stereocenters. The number of aryl methyl sites for hydroxylation is 2. The van der Waals surface area contributed by atoms with Gasteiger partial charge in [0.25, 0.3) is 11.4 Å². The van der Waals surface area contributed by atoms with E-state index in [1.54, 1.807) is 14.0 Å². The summed E-state index contributed by atoms with van der Waals surface area (Å²) in [5.41, 5.74) is -0.602. The van der Waals surface area contributed by atoms with E-state index in [4.69, 9.17) is 0 Å². The molecule has 13 nitrogen and oxygen atoms in total. The fourth-order valence-electron chi connectivity index (χ4n) is 2.51. The van der Waals surface area contributed by atoms with Gasteiger partial charge < -0.3 is 10.6 Å². The molecular weight excluding hydrogens is 362 g/mol. The predicted octanol–water partition coefficient (Wildman–Crippen LogP) is 2.37. The normalized spacial score (nSPS) is 11.7. The zero-order valence-corrected chi connectivity index (χ0v) is 14.7. The summed E-state index contributed by atoms with van der Waals surface area (Å²) < 4.78 is 1.35. The van der Waals surface area contributed by atoms with Gasteiger partial charge in [0, 0.05) is 25.7 Å². The fourth-order valence-corrected chi connectivity index (χ4v) is 2.51. The van der Waals surface area contributed by atoms with E-state index < -0.39 is 20.5 Å². The molecule has 0 aliphatic rings. The highest BCUT2D eigenvalue weighted by Crippen LogP contribution is 2.30. The molecule has 1 heterocycles. The van der Waals surface area contributed by atoms with E-state index in [0.29, 0.717) is 0 Å². The minimum Gasteiger partial charge on any atom is -0.377 e. The third-order valence-corrected chi connectivity index (χ3v) is 3.74. The Labute approximate surface area is 152 Å². The SMILES string of the molecule is Cc1nn(C)c(NC(C)CNc2ccc([N+](=O)[O-])cc2[N+](=O)[O-])c1[N+](=O)[O-]. The van der Waals surface area contributed by atoms with Crippen LogP contribution in [0.25, 0.3) is 0 Å². The number of hydrogen-bond acceptors (Lipinski definition) is 9. The van der Waals surface area contributed by atoms with Gasteiger partial charge in [-0.3, -0.25) is 30.3 Å². The molecule has 0 aliphatic carbocycles. The maximum atomic E-state index is 11.2. The van der Waals surface area contributed by atoms with Crippen LogP contribution in [-0.2, 0) is 7.05 Å². The lowest BCUT2D eigenvalue weighted by Gasteiger charge is -2.16. The van der Waals surface area contributed by atoms with Crippen molar-refractivity contribution in [3.8, 4) is 0 Å². The van der Waals surface area contributed by atoms with Gasteiger partial charge in [0.15, 0.2) is 0 Å². The number of rotatable bonds is 8. The zero-order valence-electron chi connectivity index (χ0n) is 14.7. The molecule has 0 spiro atoms. The number of benzene rings is 1. The zero-order chi connectivity index (χ0) is 20.3. The molecule has 144 valence electrons. The first-order valence-corrected chi connectivity index (χ1v) is 7.73. The Balaban J connectivity index is 2.15. The average Bonchev–Trinajstić information content (AvgIpc) is 2.86. The van der Waals surface area contributed by atoms with Gasteiger partial charge in [-0.25, -0.2) is 4.68 Å². The van der Waals surface area contributed by atoms with Gasteiger partial charge in [0.05, 0.1) is 20.8 Å². The molecule has 0 saturated heterocycles. The molecule has 0 aliphatic heterocycles. The summed E-state index contributed by atoms with van der Waals surface area (Å²) in [6.07, 6.45) is 0. The maximum absolute atomic E-state index is 11.2. The van der Waals surface area contributed by atoms with Crippen LogP contribution in [-0.4, -0.2) is 37.1 Å².